The molecule has 0 atom stereocenters. The molecule has 0 saturated carbocycles. The summed E-state index contributed by atoms with van der Waals surface area (Å²) in [4.78, 5) is 1.17. The highest BCUT2D eigenvalue weighted by Crippen LogP contribution is 2.43. The van der Waals surface area contributed by atoms with Crippen LogP contribution in [0.15, 0.2) is 35.4 Å². The zero-order valence-electron chi connectivity index (χ0n) is 11.1. The van der Waals surface area contributed by atoms with Crippen LogP contribution in [0.3, 0.4) is 0 Å². The van der Waals surface area contributed by atoms with Gasteiger partial charge in [-0.2, -0.15) is 10.4 Å². The number of nitrogens with zero attached hydrogens (tertiary/aromatic N) is 3. The van der Waals surface area contributed by atoms with Gasteiger partial charge in [0.05, 0.1) is 17.3 Å². The fourth-order valence-electron chi connectivity index (χ4n) is 2.42. The van der Waals surface area contributed by atoms with Crippen LogP contribution < -0.4 is 0 Å². The molecule has 0 bridgehead atoms. The topological polar surface area (TPSA) is 41.6 Å². The maximum absolute atomic E-state index is 9.36. The Balaban J connectivity index is 2.28. The molecule has 2 heterocycles. The molecule has 2 aromatic rings. The summed E-state index contributed by atoms with van der Waals surface area (Å²) in [6.45, 7) is 5.38. The van der Waals surface area contributed by atoms with Crippen LogP contribution in [-0.4, -0.2) is 14.5 Å². The fourth-order valence-corrected chi connectivity index (χ4v) is 3.67. The molecule has 1 aromatic carbocycles. The molecule has 0 saturated heterocycles. The van der Waals surface area contributed by atoms with E-state index in [2.05, 4.69) is 31.1 Å². The van der Waals surface area contributed by atoms with Crippen molar-refractivity contribution in [3.63, 3.8) is 0 Å². The van der Waals surface area contributed by atoms with Gasteiger partial charge in [0.1, 0.15) is 0 Å². The summed E-state index contributed by atoms with van der Waals surface area (Å²) in [5, 5.41) is 13.8. The number of aromatic nitrogens is 2. The third-order valence-corrected chi connectivity index (χ3v) is 4.75. The van der Waals surface area contributed by atoms with Crippen molar-refractivity contribution in [2.75, 3.05) is 0 Å². The first-order valence-corrected chi connectivity index (χ1v) is 7.17. The van der Waals surface area contributed by atoms with Crippen molar-refractivity contribution in [3.05, 3.63) is 36.0 Å². The summed E-state index contributed by atoms with van der Waals surface area (Å²) in [6.07, 6.45) is 2.87. The van der Waals surface area contributed by atoms with Crippen LogP contribution >= 0.6 is 11.8 Å². The van der Waals surface area contributed by atoms with Crippen molar-refractivity contribution in [1.82, 2.24) is 9.78 Å². The van der Waals surface area contributed by atoms with Gasteiger partial charge in [-0.1, -0.05) is 19.9 Å². The summed E-state index contributed by atoms with van der Waals surface area (Å²) in [5.74, 6) is 0. The van der Waals surface area contributed by atoms with Gasteiger partial charge >= 0.3 is 0 Å². The van der Waals surface area contributed by atoms with Crippen LogP contribution in [0.2, 0.25) is 0 Å². The number of benzene rings is 1. The fraction of sp³-hybridized carbons (Fsp3) is 0.333. The molecule has 4 heteroatoms. The van der Waals surface area contributed by atoms with E-state index in [1.807, 2.05) is 40.8 Å². The highest BCUT2D eigenvalue weighted by Gasteiger charge is 2.26. The first-order chi connectivity index (χ1) is 9.11. The number of hydrogen-bond acceptors (Lipinski definition) is 3. The van der Waals surface area contributed by atoms with Gasteiger partial charge in [-0.15, -0.1) is 11.8 Å². The van der Waals surface area contributed by atoms with E-state index in [0.717, 1.165) is 29.8 Å². The molecule has 1 aliphatic heterocycles. The van der Waals surface area contributed by atoms with Gasteiger partial charge in [0, 0.05) is 27.9 Å². The molecule has 96 valence electrons. The second kappa shape index (κ2) is 4.43. The highest BCUT2D eigenvalue weighted by atomic mass is 32.2. The maximum Gasteiger partial charge on any atom is 0.0999 e. The number of rotatable bonds is 0. The molecule has 1 aliphatic rings. The Morgan fingerprint density at radius 3 is 3.00 bits per heavy atom. The second-order valence-corrected chi connectivity index (χ2v) is 7.09. The molecule has 3 nitrogen and oxygen atoms in total. The van der Waals surface area contributed by atoms with Gasteiger partial charge < -0.3 is 0 Å². The van der Waals surface area contributed by atoms with Crippen molar-refractivity contribution in [1.29, 1.82) is 5.26 Å². The summed E-state index contributed by atoms with van der Waals surface area (Å²) in [6, 6.07) is 10.2. The van der Waals surface area contributed by atoms with Crippen molar-refractivity contribution in [2.24, 2.45) is 0 Å². The van der Waals surface area contributed by atoms with E-state index in [4.69, 9.17) is 0 Å². The minimum atomic E-state index is 0.145. The molecule has 0 fully saturated rings. The molecule has 0 aliphatic carbocycles. The first kappa shape index (κ1) is 12.3. The molecule has 19 heavy (non-hydrogen) atoms. The Bertz CT molecular complexity index is 664. The molecular formula is C15H15N3S. The summed E-state index contributed by atoms with van der Waals surface area (Å²) >= 11 is 1.85. The SMILES string of the molecule is CC1(C)CCn2nccc2-c2c(C#N)cccc2S1. The van der Waals surface area contributed by atoms with Crippen molar-refractivity contribution < 1.29 is 0 Å². The van der Waals surface area contributed by atoms with Crippen LogP contribution in [-0.2, 0) is 6.54 Å². The quantitative estimate of drug-likeness (QED) is 0.732. The minimum Gasteiger partial charge on any atom is -0.265 e. The number of aryl methyl sites for hydroxylation is 1. The van der Waals surface area contributed by atoms with Gasteiger partial charge in [0.25, 0.3) is 0 Å². The van der Waals surface area contributed by atoms with Gasteiger partial charge in [0.2, 0.25) is 0 Å². The third kappa shape index (κ3) is 2.15. The van der Waals surface area contributed by atoms with E-state index >= 15 is 0 Å². The van der Waals surface area contributed by atoms with Crippen molar-refractivity contribution >= 4 is 11.8 Å². The molecule has 0 radical (unpaired) electrons. The van der Waals surface area contributed by atoms with Crippen LogP contribution in [0.5, 0.6) is 0 Å². The zero-order valence-corrected chi connectivity index (χ0v) is 11.9. The molecule has 3 rings (SSSR count). The largest absolute Gasteiger partial charge is 0.265 e. The number of nitriles is 1. The normalized spacial score (nSPS) is 16.7. The smallest absolute Gasteiger partial charge is 0.0999 e. The maximum atomic E-state index is 9.36. The van der Waals surface area contributed by atoms with Crippen molar-refractivity contribution in [2.45, 2.75) is 36.5 Å². The summed E-state index contributed by atoms with van der Waals surface area (Å²) in [5.41, 5.74) is 2.81. The zero-order chi connectivity index (χ0) is 13.5. The lowest BCUT2D eigenvalue weighted by atomic mass is 10.0. The summed E-state index contributed by atoms with van der Waals surface area (Å²) < 4.78 is 2.16. The Kier molecular flexibility index (Phi) is 2.87. The van der Waals surface area contributed by atoms with Gasteiger partial charge in [-0.05, 0) is 24.6 Å². The number of hydrogen-bond donors (Lipinski definition) is 0. The van der Waals surface area contributed by atoms with Crippen molar-refractivity contribution in [3.8, 4) is 17.3 Å². The highest BCUT2D eigenvalue weighted by molar-refractivity contribution is 8.00. The third-order valence-electron chi connectivity index (χ3n) is 3.43. The van der Waals surface area contributed by atoms with E-state index in [0.29, 0.717) is 0 Å². The average molecular weight is 269 g/mol. The lowest BCUT2D eigenvalue weighted by Gasteiger charge is -2.28. The van der Waals surface area contributed by atoms with Gasteiger partial charge in [-0.25, -0.2) is 0 Å². The average Bonchev–Trinajstić information content (AvgIpc) is 2.82. The van der Waals surface area contributed by atoms with Crippen LogP contribution in [0.1, 0.15) is 25.8 Å². The van der Waals surface area contributed by atoms with E-state index < -0.39 is 0 Å². The number of thioether (sulfide) groups is 1. The molecular weight excluding hydrogens is 254 g/mol. The lowest BCUT2D eigenvalue weighted by Crippen LogP contribution is -2.21. The Morgan fingerprint density at radius 2 is 2.21 bits per heavy atom. The number of fused-ring (bicyclic) bond motifs is 3. The first-order valence-electron chi connectivity index (χ1n) is 6.35. The second-order valence-electron chi connectivity index (χ2n) is 5.34. The van der Waals surface area contributed by atoms with Crippen LogP contribution in [0, 0.1) is 11.3 Å². The van der Waals surface area contributed by atoms with Gasteiger partial charge in [0.15, 0.2) is 0 Å². The van der Waals surface area contributed by atoms with E-state index in [1.165, 1.54) is 4.90 Å². The molecule has 0 unspecified atom stereocenters. The molecule has 0 N–H and O–H groups in total. The van der Waals surface area contributed by atoms with Crippen LogP contribution in [0.25, 0.3) is 11.3 Å². The minimum absolute atomic E-state index is 0.145. The van der Waals surface area contributed by atoms with E-state index in [-0.39, 0.29) is 4.75 Å². The summed E-state index contributed by atoms with van der Waals surface area (Å²) in [7, 11) is 0. The standard InChI is InChI=1S/C15H15N3S/c1-15(2)7-9-18-12(6-8-17-18)14-11(10-16)4-3-5-13(14)19-15/h3-6,8H,7,9H2,1-2H3. The Hall–Kier alpha value is -1.73. The van der Waals surface area contributed by atoms with Crippen LogP contribution in [0.4, 0.5) is 0 Å². The molecule has 0 spiro atoms. The Morgan fingerprint density at radius 1 is 1.37 bits per heavy atom. The Labute approximate surface area is 117 Å². The molecule has 1 aromatic heterocycles. The predicted octanol–water partition coefficient (Wildman–Crippen LogP) is 3.70. The van der Waals surface area contributed by atoms with E-state index in [9.17, 15) is 5.26 Å². The van der Waals surface area contributed by atoms with E-state index in [1.54, 1.807) is 0 Å². The predicted molar refractivity (Wildman–Crippen MR) is 76.9 cm³/mol. The molecule has 0 amide bonds. The lowest BCUT2D eigenvalue weighted by molar-refractivity contribution is 0.517. The monoisotopic (exact) mass is 269 g/mol. The van der Waals surface area contributed by atoms with Gasteiger partial charge in [-0.3, -0.25) is 4.68 Å².